The average molecular weight is 272 g/mol. The summed E-state index contributed by atoms with van der Waals surface area (Å²) >= 11 is 5.58. The first-order valence-corrected chi connectivity index (χ1v) is 5.17. The Morgan fingerprint density at radius 1 is 1.56 bits per heavy atom. The second-order valence-corrected chi connectivity index (χ2v) is 3.73. The first-order chi connectivity index (χ1) is 8.58. The molecule has 0 unspecified atom stereocenters. The maximum absolute atomic E-state index is 13.1. The maximum atomic E-state index is 13.1. The number of rotatable bonds is 4. The highest BCUT2D eigenvalue weighted by molar-refractivity contribution is 6.31. The van der Waals surface area contributed by atoms with Gasteiger partial charge in [-0.25, -0.2) is 9.37 Å². The van der Waals surface area contributed by atoms with Crippen LogP contribution >= 0.6 is 11.6 Å². The van der Waals surface area contributed by atoms with Crippen LogP contribution in [0.2, 0.25) is 5.02 Å². The lowest BCUT2D eigenvalue weighted by Gasteiger charge is -2.06. The van der Waals surface area contributed by atoms with Crippen molar-refractivity contribution in [2.24, 2.45) is 0 Å². The smallest absolute Gasteiger partial charge is 0.295 e. The minimum absolute atomic E-state index is 0.114. The number of benzene rings is 1. The third kappa shape index (κ3) is 2.54. The molecule has 0 bridgehead atoms. The summed E-state index contributed by atoms with van der Waals surface area (Å²) in [5.74, 6) is -0.349. The van der Waals surface area contributed by atoms with Crippen LogP contribution in [0.3, 0.4) is 0 Å². The van der Waals surface area contributed by atoms with Gasteiger partial charge in [-0.3, -0.25) is 15.2 Å². The molecule has 0 atom stereocenters. The Hall–Kier alpha value is -2.22. The number of anilines is 1. The van der Waals surface area contributed by atoms with Crippen molar-refractivity contribution < 1.29 is 9.31 Å². The summed E-state index contributed by atoms with van der Waals surface area (Å²) in [5, 5.41) is 19.5. The van der Waals surface area contributed by atoms with Gasteiger partial charge in [-0.1, -0.05) is 11.6 Å². The van der Waals surface area contributed by atoms with E-state index >= 15 is 0 Å². The minimum Gasteiger partial charge on any atom is -0.372 e. The van der Waals surface area contributed by atoms with Crippen molar-refractivity contribution in [2.75, 3.05) is 5.32 Å². The van der Waals surface area contributed by atoms with E-state index in [4.69, 9.17) is 11.6 Å². The molecule has 94 valence electrons. The van der Waals surface area contributed by atoms with Crippen molar-refractivity contribution >= 4 is 23.0 Å². The molecule has 0 saturated heterocycles. The molecule has 0 aliphatic rings. The van der Waals surface area contributed by atoms with E-state index in [0.29, 0.717) is 5.82 Å². The van der Waals surface area contributed by atoms with Gasteiger partial charge in [0.25, 0.3) is 5.69 Å². The Balaban J connectivity index is 2.25. The highest BCUT2D eigenvalue weighted by Gasteiger charge is 2.17. The molecule has 1 heterocycles. The molecule has 0 aliphatic carbocycles. The molecule has 18 heavy (non-hydrogen) atoms. The topological polar surface area (TPSA) is 96.7 Å². The molecule has 0 saturated carbocycles. The molecule has 0 amide bonds. The zero-order valence-electron chi connectivity index (χ0n) is 8.85. The van der Waals surface area contributed by atoms with Crippen LogP contribution in [0.1, 0.15) is 5.82 Å². The Bertz CT molecular complexity index is 575. The third-order valence-corrected chi connectivity index (χ3v) is 2.44. The molecular formula is C9H7ClFN5O2. The Labute approximate surface area is 105 Å². The number of hydrogen-bond acceptors (Lipinski definition) is 5. The molecule has 9 heteroatoms. The monoisotopic (exact) mass is 271 g/mol. The van der Waals surface area contributed by atoms with Crippen LogP contribution in [-0.2, 0) is 6.54 Å². The number of nitrogens with zero attached hydrogens (tertiary/aromatic N) is 3. The zero-order valence-corrected chi connectivity index (χ0v) is 9.61. The van der Waals surface area contributed by atoms with Gasteiger partial charge in [0.15, 0.2) is 0 Å². The standard InChI is InChI=1S/C9H7ClFN5O2/c10-5-1-7(8(16(17)18)2-6(5)11)12-3-9-13-4-14-15-9/h1-2,4,12H,3H2,(H,13,14,15). The quantitative estimate of drug-likeness (QED) is 0.656. The fourth-order valence-corrected chi connectivity index (χ4v) is 1.49. The van der Waals surface area contributed by atoms with Crippen molar-refractivity contribution in [2.45, 2.75) is 6.54 Å². The molecule has 2 aromatic rings. The van der Waals surface area contributed by atoms with E-state index in [1.807, 2.05) is 0 Å². The van der Waals surface area contributed by atoms with Gasteiger partial charge in [0.1, 0.15) is 23.7 Å². The molecule has 0 aliphatic heterocycles. The number of aromatic nitrogens is 3. The lowest BCUT2D eigenvalue weighted by Crippen LogP contribution is -2.04. The summed E-state index contributed by atoms with van der Waals surface area (Å²) in [7, 11) is 0. The van der Waals surface area contributed by atoms with Crippen LogP contribution in [0.4, 0.5) is 15.8 Å². The van der Waals surface area contributed by atoms with E-state index in [1.165, 1.54) is 6.33 Å². The number of nitrogens with one attached hydrogen (secondary N) is 2. The van der Waals surface area contributed by atoms with Crippen LogP contribution in [0.15, 0.2) is 18.5 Å². The number of nitro groups is 1. The predicted molar refractivity (Wildman–Crippen MR) is 61.8 cm³/mol. The van der Waals surface area contributed by atoms with E-state index in [9.17, 15) is 14.5 Å². The third-order valence-electron chi connectivity index (χ3n) is 2.15. The maximum Gasteiger partial charge on any atom is 0.295 e. The van der Waals surface area contributed by atoms with E-state index in [0.717, 1.165) is 12.1 Å². The van der Waals surface area contributed by atoms with Crippen molar-refractivity contribution in [3.05, 3.63) is 45.2 Å². The molecule has 7 nitrogen and oxygen atoms in total. The number of halogens is 2. The van der Waals surface area contributed by atoms with Crippen molar-refractivity contribution in [3.8, 4) is 0 Å². The molecule has 0 radical (unpaired) electrons. The largest absolute Gasteiger partial charge is 0.372 e. The first kappa shape index (κ1) is 12.2. The summed E-state index contributed by atoms with van der Waals surface area (Å²) in [4.78, 5) is 13.9. The van der Waals surface area contributed by atoms with Crippen LogP contribution in [0.25, 0.3) is 0 Å². The van der Waals surface area contributed by atoms with Gasteiger partial charge in [-0.05, 0) is 6.07 Å². The number of aromatic amines is 1. The van der Waals surface area contributed by atoms with Crippen molar-refractivity contribution in [1.29, 1.82) is 0 Å². The van der Waals surface area contributed by atoms with E-state index in [-0.39, 0.29) is 17.3 Å². The van der Waals surface area contributed by atoms with Crippen molar-refractivity contribution in [1.82, 2.24) is 15.2 Å². The van der Waals surface area contributed by atoms with Gasteiger partial charge in [-0.2, -0.15) is 5.10 Å². The normalized spacial score (nSPS) is 10.3. The molecule has 2 N–H and O–H groups in total. The molecular weight excluding hydrogens is 265 g/mol. The molecule has 0 fully saturated rings. The van der Waals surface area contributed by atoms with Crippen LogP contribution in [0.5, 0.6) is 0 Å². The van der Waals surface area contributed by atoms with Gasteiger partial charge in [-0.15, -0.1) is 0 Å². The van der Waals surface area contributed by atoms with Gasteiger partial charge < -0.3 is 5.32 Å². The number of nitro benzene ring substituents is 1. The van der Waals surface area contributed by atoms with Gasteiger partial charge >= 0.3 is 0 Å². The Morgan fingerprint density at radius 2 is 2.33 bits per heavy atom. The Kier molecular flexibility index (Phi) is 3.38. The van der Waals surface area contributed by atoms with Crippen LogP contribution in [0, 0.1) is 15.9 Å². The predicted octanol–water partition coefficient (Wildman–Crippen LogP) is 2.12. The minimum atomic E-state index is -0.839. The van der Waals surface area contributed by atoms with Crippen LogP contribution < -0.4 is 5.32 Å². The van der Waals surface area contributed by atoms with Crippen molar-refractivity contribution in [3.63, 3.8) is 0 Å². The van der Waals surface area contributed by atoms with Gasteiger partial charge in [0, 0.05) is 0 Å². The SMILES string of the molecule is O=[N+]([O-])c1cc(F)c(Cl)cc1NCc1ncn[nH]1. The summed E-state index contributed by atoms with van der Waals surface area (Å²) in [6, 6.07) is 1.93. The summed E-state index contributed by atoms with van der Waals surface area (Å²) < 4.78 is 13.1. The Morgan fingerprint density at radius 3 is 2.94 bits per heavy atom. The number of hydrogen-bond donors (Lipinski definition) is 2. The summed E-state index contributed by atoms with van der Waals surface area (Å²) in [6.45, 7) is 0.183. The fourth-order valence-electron chi connectivity index (χ4n) is 1.32. The second-order valence-electron chi connectivity index (χ2n) is 3.33. The summed E-state index contributed by atoms with van der Waals surface area (Å²) in [5.41, 5.74) is -0.279. The fraction of sp³-hybridized carbons (Fsp3) is 0.111. The highest BCUT2D eigenvalue weighted by Crippen LogP contribution is 2.30. The summed E-state index contributed by atoms with van der Waals surface area (Å²) in [6.07, 6.45) is 1.31. The molecule has 2 rings (SSSR count). The lowest BCUT2D eigenvalue weighted by molar-refractivity contribution is -0.384. The van der Waals surface area contributed by atoms with E-state index in [2.05, 4.69) is 20.5 Å². The van der Waals surface area contributed by atoms with Gasteiger partial charge in [0.05, 0.1) is 22.6 Å². The molecule has 0 spiro atoms. The average Bonchev–Trinajstić information content (AvgIpc) is 2.83. The zero-order chi connectivity index (χ0) is 13.1. The van der Waals surface area contributed by atoms with E-state index in [1.54, 1.807) is 0 Å². The number of H-pyrrole nitrogens is 1. The second kappa shape index (κ2) is 4.96. The van der Waals surface area contributed by atoms with Gasteiger partial charge in [0.2, 0.25) is 0 Å². The lowest BCUT2D eigenvalue weighted by atomic mass is 10.2. The van der Waals surface area contributed by atoms with E-state index < -0.39 is 16.4 Å². The molecule has 1 aromatic heterocycles. The van der Waals surface area contributed by atoms with Crippen LogP contribution in [-0.4, -0.2) is 20.1 Å². The highest BCUT2D eigenvalue weighted by atomic mass is 35.5. The first-order valence-electron chi connectivity index (χ1n) is 4.79. The molecule has 1 aromatic carbocycles.